The van der Waals surface area contributed by atoms with Gasteiger partial charge in [-0.1, -0.05) is 18.2 Å². The van der Waals surface area contributed by atoms with Crippen LogP contribution in [0, 0.1) is 6.92 Å². The van der Waals surface area contributed by atoms with Crippen molar-refractivity contribution < 1.29 is 24.1 Å². The highest BCUT2D eigenvalue weighted by atomic mass is 16.5. The molecule has 0 saturated carbocycles. The molecule has 0 aromatic heterocycles. The summed E-state index contributed by atoms with van der Waals surface area (Å²) in [5.74, 6) is 1.83. The fraction of sp³-hybridized carbons (Fsp3) is 0.480. The Bertz CT molecular complexity index is 938. The first-order valence-electron chi connectivity index (χ1n) is 11.3. The zero-order valence-electron chi connectivity index (χ0n) is 19.2. The fourth-order valence-corrected chi connectivity index (χ4v) is 5.04. The fourth-order valence-electron chi connectivity index (χ4n) is 5.04. The SMILES string of the molecule is COc1cc(C)c(C[NH+]2CC[NH+](CC(=O)N3c4ccccc4C[C@@H]3C)CC2)cc1OC. The zero-order chi connectivity index (χ0) is 22.0. The van der Waals surface area contributed by atoms with E-state index in [-0.39, 0.29) is 11.9 Å². The van der Waals surface area contributed by atoms with Crippen molar-refractivity contribution in [1.82, 2.24) is 0 Å². The third-order valence-electron chi connectivity index (χ3n) is 6.82. The number of benzene rings is 2. The lowest BCUT2D eigenvalue weighted by molar-refractivity contribution is -1.02. The number of aryl methyl sites for hydroxylation is 1. The molecule has 0 bridgehead atoms. The van der Waals surface area contributed by atoms with Crippen LogP contribution in [0.5, 0.6) is 11.5 Å². The molecule has 2 N–H and O–H groups in total. The molecule has 4 rings (SSSR count). The van der Waals surface area contributed by atoms with Gasteiger partial charge in [-0.25, -0.2) is 0 Å². The number of nitrogens with zero attached hydrogens (tertiary/aromatic N) is 1. The first kappa shape index (κ1) is 21.7. The van der Waals surface area contributed by atoms with Crippen LogP contribution in [-0.4, -0.2) is 58.9 Å². The quantitative estimate of drug-likeness (QED) is 0.699. The van der Waals surface area contributed by atoms with E-state index in [4.69, 9.17) is 9.47 Å². The molecule has 166 valence electrons. The lowest BCUT2D eigenvalue weighted by atomic mass is 10.1. The first-order chi connectivity index (χ1) is 15.0. The molecule has 1 atom stereocenters. The van der Waals surface area contributed by atoms with Crippen LogP contribution in [0.15, 0.2) is 36.4 Å². The number of hydrogen-bond donors (Lipinski definition) is 2. The highest BCUT2D eigenvalue weighted by Gasteiger charge is 2.34. The number of ether oxygens (including phenoxy) is 2. The molecule has 0 unspecified atom stereocenters. The van der Waals surface area contributed by atoms with E-state index in [1.165, 1.54) is 21.6 Å². The second-order valence-electron chi connectivity index (χ2n) is 8.93. The standard InChI is InChI=1S/C25H33N3O3/c1-18-13-23(30-3)24(31-4)15-21(18)16-26-9-11-27(12-10-26)17-25(29)28-19(2)14-20-7-5-6-8-22(20)28/h5-8,13,15,19H,9-12,14,16-17H2,1-4H3/p+2/t19-/m0/s1. The number of hydrogen-bond acceptors (Lipinski definition) is 3. The van der Waals surface area contributed by atoms with Gasteiger partial charge in [-0.05, 0) is 49.6 Å². The van der Waals surface area contributed by atoms with Gasteiger partial charge in [0, 0.05) is 17.3 Å². The average molecular weight is 426 g/mol. The van der Waals surface area contributed by atoms with Gasteiger partial charge in [-0.15, -0.1) is 0 Å². The monoisotopic (exact) mass is 425 g/mol. The molecule has 6 nitrogen and oxygen atoms in total. The van der Waals surface area contributed by atoms with Crippen molar-refractivity contribution in [1.29, 1.82) is 0 Å². The molecular formula is C25H35N3O3+2. The normalized spacial score (nSPS) is 22.8. The van der Waals surface area contributed by atoms with Gasteiger partial charge in [0.2, 0.25) is 0 Å². The largest absolute Gasteiger partial charge is 0.493 e. The van der Waals surface area contributed by atoms with Gasteiger partial charge in [0.05, 0.1) is 14.2 Å². The van der Waals surface area contributed by atoms with Crippen molar-refractivity contribution in [3.8, 4) is 11.5 Å². The van der Waals surface area contributed by atoms with Crippen molar-refractivity contribution in [2.45, 2.75) is 32.9 Å². The first-order valence-corrected chi connectivity index (χ1v) is 11.3. The summed E-state index contributed by atoms with van der Waals surface area (Å²) in [6, 6.07) is 12.7. The van der Waals surface area contributed by atoms with Crippen LogP contribution in [0.1, 0.15) is 23.6 Å². The topological polar surface area (TPSA) is 47.7 Å². The summed E-state index contributed by atoms with van der Waals surface area (Å²) in [6.07, 6.45) is 0.958. The Balaban J connectivity index is 1.33. The smallest absolute Gasteiger partial charge is 0.282 e. The van der Waals surface area contributed by atoms with E-state index in [1.54, 1.807) is 19.1 Å². The van der Waals surface area contributed by atoms with Crippen molar-refractivity contribution in [2.24, 2.45) is 0 Å². The highest BCUT2D eigenvalue weighted by Crippen LogP contribution is 2.31. The molecular weight excluding hydrogens is 390 g/mol. The number of quaternary nitrogens is 2. The summed E-state index contributed by atoms with van der Waals surface area (Å²) in [5.41, 5.74) is 4.93. The molecule has 2 aromatic carbocycles. The maximum absolute atomic E-state index is 13.1. The summed E-state index contributed by atoms with van der Waals surface area (Å²) in [7, 11) is 3.36. The van der Waals surface area contributed by atoms with Crippen LogP contribution >= 0.6 is 0 Å². The Hall–Kier alpha value is -2.57. The Kier molecular flexibility index (Phi) is 6.49. The zero-order valence-corrected chi connectivity index (χ0v) is 19.2. The van der Waals surface area contributed by atoms with E-state index in [0.717, 1.165) is 56.3 Å². The predicted molar refractivity (Wildman–Crippen MR) is 121 cm³/mol. The van der Waals surface area contributed by atoms with Gasteiger partial charge in [-0.2, -0.15) is 0 Å². The number of carbonyl (C=O) groups is 1. The molecule has 31 heavy (non-hydrogen) atoms. The molecule has 1 fully saturated rings. The number of piperazine rings is 1. The van der Waals surface area contributed by atoms with Crippen molar-refractivity contribution >= 4 is 11.6 Å². The Morgan fingerprint density at radius 3 is 2.39 bits per heavy atom. The van der Waals surface area contributed by atoms with Crippen LogP contribution in [0.3, 0.4) is 0 Å². The highest BCUT2D eigenvalue weighted by molar-refractivity contribution is 5.96. The second-order valence-corrected chi connectivity index (χ2v) is 8.93. The van der Waals surface area contributed by atoms with E-state index in [1.807, 2.05) is 11.0 Å². The number of para-hydroxylation sites is 1. The molecule has 1 amide bonds. The minimum Gasteiger partial charge on any atom is -0.493 e. The molecule has 2 aliphatic heterocycles. The molecule has 2 aliphatic rings. The van der Waals surface area contributed by atoms with Crippen LogP contribution in [0.2, 0.25) is 0 Å². The van der Waals surface area contributed by atoms with Gasteiger partial charge in [0.15, 0.2) is 18.0 Å². The molecule has 0 radical (unpaired) electrons. The molecule has 2 aromatic rings. The molecule has 1 saturated heterocycles. The third-order valence-corrected chi connectivity index (χ3v) is 6.82. The van der Waals surface area contributed by atoms with Crippen molar-refractivity contribution in [3.63, 3.8) is 0 Å². The van der Waals surface area contributed by atoms with Gasteiger partial charge in [-0.3, -0.25) is 4.79 Å². The number of amides is 1. The Labute approximate surface area is 185 Å². The molecule has 6 heteroatoms. The van der Waals surface area contributed by atoms with Crippen LogP contribution < -0.4 is 24.2 Å². The molecule has 0 aliphatic carbocycles. The van der Waals surface area contributed by atoms with E-state index in [0.29, 0.717) is 6.54 Å². The van der Waals surface area contributed by atoms with E-state index in [2.05, 4.69) is 44.2 Å². The van der Waals surface area contributed by atoms with Gasteiger partial charge >= 0.3 is 0 Å². The summed E-state index contributed by atoms with van der Waals surface area (Å²) in [5, 5.41) is 0. The summed E-state index contributed by atoms with van der Waals surface area (Å²) in [6.45, 7) is 10.0. The average Bonchev–Trinajstić information content (AvgIpc) is 3.11. The number of anilines is 1. The number of rotatable bonds is 6. The minimum atomic E-state index is 0.254. The number of methoxy groups -OCH3 is 2. The van der Waals surface area contributed by atoms with E-state index >= 15 is 0 Å². The lowest BCUT2D eigenvalue weighted by Crippen LogP contribution is -3.28. The van der Waals surface area contributed by atoms with Crippen LogP contribution in [0.25, 0.3) is 0 Å². The molecule has 0 spiro atoms. The minimum absolute atomic E-state index is 0.254. The maximum Gasteiger partial charge on any atom is 0.282 e. The number of carbonyl (C=O) groups excluding carboxylic acids is 1. The number of nitrogens with one attached hydrogen (secondary N) is 2. The Morgan fingerprint density at radius 2 is 1.68 bits per heavy atom. The van der Waals surface area contributed by atoms with Crippen molar-refractivity contribution in [3.05, 3.63) is 53.1 Å². The summed E-state index contributed by atoms with van der Waals surface area (Å²) < 4.78 is 10.9. The van der Waals surface area contributed by atoms with Crippen molar-refractivity contribution in [2.75, 3.05) is 51.8 Å². The van der Waals surface area contributed by atoms with Gasteiger partial charge < -0.3 is 24.2 Å². The predicted octanol–water partition coefficient (Wildman–Crippen LogP) is 0.273. The van der Waals surface area contributed by atoms with Gasteiger partial charge in [0.1, 0.15) is 32.7 Å². The van der Waals surface area contributed by atoms with Crippen LogP contribution in [-0.2, 0) is 17.8 Å². The molecule has 2 heterocycles. The third kappa shape index (κ3) is 4.55. The van der Waals surface area contributed by atoms with E-state index < -0.39 is 0 Å². The maximum atomic E-state index is 13.1. The summed E-state index contributed by atoms with van der Waals surface area (Å²) in [4.78, 5) is 18.1. The van der Waals surface area contributed by atoms with Crippen LogP contribution in [0.4, 0.5) is 5.69 Å². The second kappa shape index (κ2) is 9.28. The van der Waals surface area contributed by atoms with E-state index in [9.17, 15) is 4.79 Å². The van der Waals surface area contributed by atoms with Gasteiger partial charge in [0.25, 0.3) is 5.91 Å². The lowest BCUT2D eigenvalue weighted by Gasteiger charge is -2.31. The number of fused-ring (bicyclic) bond motifs is 1. The Morgan fingerprint density at radius 1 is 1.03 bits per heavy atom. The summed E-state index contributed by atoms with van der Waals surface area (Å²) >= 11 is 0.